The molecule has 0 amide bonds. The highest BCUT2D eigenvalue weighted by Gasteiger charge is 2.27. The van der Waals surface area contributed by atoms with Crippen molar-refractivity contribution in [1.29, 1.82) is 5.26 Å². The Labute approximate surface area is 117 Å². The Hall–Kier alpha value is -1.86. The second-order valence-corrected chi connectivity index (χ2v) is 5.33. The summed E-state index contributed by atoms with van der Waals surface area (Å²) in [5.41, 5.74) is 3.73. The topological polar surface area (TPSA) is 48.8 Å². The number of ether oxygens (including phenoxy) is 1. The molecule has 1 atom stereocenters. The number of nitrogens with zero attached hydrogens (tertiary/aromatic N) is 1. The van der Waals surface area contributed by atoms with E-state index < -0.39 is 0 Å². The third-order valence-electron chi connectivity index (χ3n) is 4.02. The van der Waals surface area contributed by atoms with Crippen molar-refractivity contribution in [3.63, 3.8) is 0 Å². The minimum Gasteiger partial charge on any atom is -0.372 e. The zero-order chi connectivity index (χ0) is 14.3. The molecule has 1 unspecified atom stereocenters. The summed E-state index contributed by atoms with van der Waals surface area (Å²) in [6.07, 6.45) is 2.63. The van der Waals surface area contributed by atoms with Crippen LogP contribution in [-0.4, -0.2) is 11.6 Å². The summed E-state index contributed by atoms with van der Waals surface area (Å²) in [6.45, 7) is 4.51. The number of fused-ring (bicyclic) bond motifs is 3. The molecule has 1 aliphatic rings. The summed E-state index contributed by atoms with van der Waals surface area (Å²) in [7, 11) is 0. The van der Waals surface area contributed by atoms with Crippen LogP contribution in [0.25, 0.3) is 10.9 Å². The quantitative estimate of drug-likeness (QED) is 0.901. The molecule has 0 radical (unpaired) electrons. The van der Waals surface area contributed by atoms with Gasteiger partial charge < -0.3 is 9.72 Å². The van der Waals surface area contributed by atoms with Gasteiger partial charge >= 0.3 is 0 Å². The number of aromatic nitrogens is 1. The molecule has 4 heteroatoms. The lowest BCUT2D eigenvalue weighted by Gasteiger charge is -2.23. The van der Waals surface area contributed by atoms with Crippen molar-refractivity contribution in [1.82, 2.24) is 4.98 Å². The zero-order valence-electron chi connectivity index (χ0n) is 11.7. The van der Waals surface area contributed by atoms with E-state index in [0.717, 1.165) is 35.9 Å². The molecular weight excluding hydrogens is 255 g/mol. The lowest BCUT2D eigenvalue weighted by molar-refractivity contribution is 0.0339. The smallest absolute Gasteiger partial charge is 0.147 e. The Bertz CT molecular complexity index is 712. The third-order valence-corrected chi connectivity index (χ3v) is 4.02. The molecule has 1 aliphatic heterocycles. The third kappa shape index (κ3) is 1.82. The van der Waals surface area contributed by atoms with Gasteiger partial charge in [-0.3, -0.25) is 0 Å². The number of hydrogen-bond donors (Lipinski definition) is 1. The number of halogens is 1. The SMILES string of the molecule is CCCC1OCCc2c1[nH]c1c(F)cc(C)c(C#N)c21. The molecular formula is C16H17FN2O. The van der Waals surface area contributed by atoms with Crippen molar-refractivity contribution in [2.75, 3.05) is 6.61 Å². The Morgan fingerprint density at radius 1 is 1.55 bits per heavy atom. The molecule has 0 fully saturated rings. The average molecular weight is 272 g/mol. The Kier molecular flexibility index (Phi) is 3.23. The average Bonchev–Trinajstić information content (AvgIpc) is 2.81. The van der Waals surface area contributed by atoms with Crippen molar-refractivity contribution >= 4 is 10.9 Å². The maximum absolute atomic E-state index is 14.2. The molecule has 0 saturated carbocycles. The fourth-order valence-corrected chi connectivity index (χ4v) is 3.10. The van der Waals surface area contributed by atoms with E-state index in [1.54, 1.807) is 6.92 Å². The van der Waals surface area contributed by atoms with E-state index in [4.69, 9.17) is 4.74 Å². The van der Waals surface area contributed by atoms with Crippen LogP contribution in [0.15, 0.2) is 6.07 Å². The van der Waals surface area contributed by atoms with Crippen LogP contribution in [0.3, 0.4) is 0 Å². The number of rotatable bonds is 2. The molecule has 2 aromatic rings. The molecule has 0 aliphatic carbocycles. The molecule has 1 N–H and O–H groups in total. The van der Waals surface area contributed by atoms with Gasteiger partial charge in [0, 0.05) is 11.1 Å². The zero-order valence-corrected chi connectivity index (χ0v) is 11.7. The minimum absolute atomic E-state index is 0.0117. The predicted octanol–water partition coefficient (Wildman–Crippen LogP) is 3.90. The number of aryl methyl sites for hydroxylation is 1. The van der Waals surface area contributed by atoms with E-state index in [0.29, 0.717) is 23.3 Å². The van der Waals surface area contributed by atoms with Gasteiger partial charge in [-0.1, -0.05) is 13.3 Å². The van der Waals surface area contributed by atoms with Gasteiger partial charge in [0.25, 0.3) is 0 Å². The van der Waals surface area contributed by atoms with Crippen molar-refractivity contribution in [3.8, 4) is 6.07 Å². The molecule has 2 heterocycles. The van der Waals surface area contributed by atoms with Crippen molar-refractivity contribution in [2.24, 2.45) is 0 Å². The molecule has 20 heavy (non-hydrogen) atoms. The molecule has 0 bridgehead atoms. The summed E-state index contributed by atoms with van der Waals surface area (Å²) in [5.74, 6) is -0.291. The molecule has 3 nitrogen and oxygen atoms in total. The number of nitriles is 1. The first-order chi connectivity index (χ1) is 9.67. The van der Waals surface area contributed by atoms with Gasteiger partial charge in [-0.15, -0.1) is 0 Å². The van der Waals surface area contributed by atoms with E-state index in [2.05, 4.69) is 18.0 Å². The number of aromatic amines is 1. The maximum Gasteiger partial charge on any atom is 0.147 e. The monoisotopic (exact) mass is 272 g/mol. The largest absolute Gasteiger partial charge is 0.372 e. The first kappa shape index (κ1) is 13.1. The lowest BCUT2D eigenvalue weighted by Crippen LogP contribution is -2.15. The summed E-state index contributed by atoms with van der Waals surface area (Å²) in [6, 6.07) is 3.65. The van der Waals surface area contributed by atoms with Crippen molar-refractivity contribution in [3.05, 3.63) is 34.3 Å². The molecule has 0 spiro atoms. The molecule has 1 aromatic heterocycles. The fraction of sp³-hybridized carbons (Fsp3) is 0.438. The van der Waals surface area contributed by atoms with Gasteiger partial charge in [-0.2, -0.15) is 5.26 Å². The second kappa shape index (κ2) is 4.92. The van der Waals surface area contributed by atoms with Gasteiger partial charge in [0.15, 0.2) is 0 Å². The molecule has 3 rings (SSSR count). The Morgan fingerprint density at radius 2 is 2.35 bits per heavy atom. The highest BCUT2D eigenvalue weighted by atomic mass is 19.1. The first-order valence-electron chi connectivity index (χ1n) is 7.02. The normalized spacial score (nSPS) is 18.0. The van der Waals surface area contributed by atoms with E-state index in [-0.39, 0.29) is 11.9 Å². The van der Waals surface area contributed by atoms with Crippen LogP contribution in [0.2, 0.25) is 0 Å². The van der Waals surface area contributed by atoms with E-state index in [1.165, 1.54) is 6.07 Å². The number of hydrogen-bond acceptors (Lipinski definition) is 2. The van der Waals surface area contributed by atoms with Crippen LogP contribution < -0.4 is 0 Å². The summed E-state index contributed by atoms with van der Waals surface area (Å²) < 4.78 is 20.0. The standard InChI is InChI=1S/C16H17FN2O/c1-3-4-13-15-10(5-6-20-13)14-11(8-18)9(2)7-12(17)16(14)19-15/h7,13,19H,3-6H2,1-2H3. The summed E-state index contributed by atoms with van der Waals surface area (Å²) in [5, 5.41) is 10.1. The second-order valence-electron chi connectivity index (χ2n) is 5.33. The van der Waals surface area contributed by atoms with Crippen LogP contribution >= 0.6 is 0 Å². The van der Waals surface area contributed by atoms with Crippen molar-refractivity contribution in [2.45, 2.75) is 39.2 Å². The van der Waals surface area contributed by atoms with Crippen LogP contribution in [0.5, 0.6) is 0 Å². The number of benzene rings is 1. The first-order valence-corrected chi connectivity index (χ1v) is 7.02. The van der Waals surface area contributed by atoms with E-state index in [1.807, 2.05) is 0 Å². The number of H-pyrrole nitrogens is 1. The molecule has 0 saturated heterocycles. The maximum atomic E-state index is 14.2. The van der Waals surface area contributed by atoms with Gasteiger partial charge in [-0.05, 0) is 37.0 Å². The van der Waals surface area contributed by atoms with Gasteiger partial charge in [0.05, 0.1) is 23.8 Å². The predicted molar refractivity (Wildman–Crippen MR) is 75.0 cm³/mol. The highest BCUT2D eigenvalue weighted by Crippen LogP contribution is 2.38. The summed E-state index contributed by atoms with van der Waals surface area (Å²) in [4.78, 5) is 3.17. The van der Waals surface area contributed by atoms with Gasteiger partial charge in [-0.25, -0.2) is 4.39 Å². The van der Waals surface area contributed by atoms with Crippen LogP contribution in [0.4, 0.5) is 4.39 Å². The van der Waals surface area contributed by atoms with Crippen LogP contribution in [0, 0.1) is 24.1 Å². The molecule has 104 valence electrons. The van der Waals surface area contributed by atoms with Crippen molar-refractivity contribution < 1.29 is 9.13 Å². The Balaban J connectivity index is 2.32. The van der Waals surface area contributed by atoms with Gasteiger partial charge in [0.1, 0.15) is 11.9 Å². The molecule has 1 aromatic carbocycles. The minimum atomic E-state index is -0.291. The Morgan fingerprint density at radius 3 is 3.05 bits per heavy atom. The number of nitrogens with one attached hydrogen (secondary N) is 1. The fourth-order valence-electron chi connectivity index (χ4n) is 3.10. The van der Waals surface area contributed by atoms with Crippen LogP contribution in [0.1, 0.15) is 48.3 Å². The summed E-state index contributed by atoms with van der Waals surface area (Å²) >= 11 is 0. The van der Waals surface area contributed by atoms with Crippen LogP contribution in [-0.2, 0) is 11.2 Å². The van der Waals surface area contributed by atoms with E-state index in [9.17, 15) is 9.65 Å². The lowest BCUT2D eigenvalue weighted by atomic mass is 9.96. The highest BCUT2D eigenvalue weighted by molar-refractivity contribution is 5.92. The van der Waals surface area contributed by atoms with E-state index >= 15 is 0 Å². The van der Waals surface area contributed by atoms with Gasteiger partial charge in [0.2, 0.25) is 0 Å².